The van der Waals surface area contributed by atoms with Crippen LogP contribution >= 0.6 is 11.6 Å². The number of halogens is 1. The third-order valence-corrected chi connectivity index (χ3v) is 5.75. The summed E-state index contributed by atoms with van der Waals surface area (Å²) < 4.78 is 0. The van der Waals surface area contributed by atoms with Crippen LogP contribution in [0.3, 0.4) is 0 Å². The number of carbonyl (C=O) groups is 1. The van der Waals surface area contributed by atoms with Gasteiger partial charge in [0.15, 0.2) is 0 Å². The SMILES string of the molecule is C[Si](C)(C)c1cccc(Cl)c1C(=O)Nc1ccccc1[N+](=O)[O-]. The zero-order valence-electron chi connectivity index (χ0n) is 13.1. The molecule has 0 aliphatic carbocycles. The van der Waals surface area contributed by atoms with Gasteiger partial charge in [-0.1, -0.05) is 55.5 Å². The molecule has 1 amide bonds. The van der Waals surface area contributed by atoms with Crippen LogP contribution in [0.1, 0.15) is 10.4 Å². The fraction of sp³-hybridized carbons (Fsp3) is 0.188. The van der Waals surface area contributed by atoms with Crippen molar-refractivity contribution in [3.05, 3.63) is 63.2 Å². The van der Waals surface area contributed by atoms with Crippen molar-refractivity contribution >= 4 is 42.1 Å². The van der Waals surface area contributed by atoms with Crippen molar-refractivity contribution in [2.75, 3.05) is 5.32 Å². The molecule has 0 radical (unpaired) electrons. The molecule has 0 bridgehead atoms. The highest BCUT2D eigenvalue weighted by Crippen LogP contribution is 2.25. The summed E-state index contributed by atoms with van der Waals surface area (Å²) >= 11 is 6.23. The summed E-state index contributed by atoms with van der Waals surface area (Å²) in [5.41, 5.74) is 0.401. The highest BCUT2D eigenvalue weighted by Gasteiger charge is 2.26. The Morgan fingerprint density at radius 2 is 1.78 bits per heavy atom. The maximum Gasteiger partial charge on any atom is 0.292 e. The topological polar surface area (TPSA) is 72.2 Å². The number of para-hydroxylation sites is 2. The highest BCUT2D eigenvalue weighted by atomic mass is 35.5. The van der Waals surface area contributed by atoms with Gasteiger partial charge in [0.1, 0.15) is 5.69 Å². The predicted octanol–water partition coefficient (Wildman–Crippen LogP) is 4.05. The first-order valence-corrected chi connectivity index (χ1v) is 10.9. The lowest BCUT2D eigenvalue weighted by Gasteiger charge is -2.21. The molecule has 0 spiro atoms. The van der Waals surface area contributed by atoms with E-state index in [2.05, 4.69) is 25.0 Å². The van der Waals surface area contributed by atoms with E-state index in [9.17, 15) is 14.9 Å². The van der Waals surface area contributed by atoms with Gasteiger partial charge in [0.2, 0.25) is 0 Å². The maximum atomic E-state index is 12.7. The Morgan fingerprint density at radius 1 is 1.13 bits per heavy atom. The summed E-state index contributed by atoms with van der Waals surface area (Å²) in [6, 6.07) is 11.4. The quantitative estimate of drug-likeness (QED) is 0.514. The molecule has 0 saturated carbocycles. The molecule has 0 atom stereocenters. The molecular weight excluding hydrogens is 332 g/mol. The fourth-order valence-electron chi connectivity index (χ4n) is 2.30. The van der Waals surface area contributed by atoms with E-state index in [-0.39, 0.29) is 11.4 Å². The number of nitrogens with zero attached hydrogens (tertiary/aromatic N) is 1. The van der Waals surface area contributed by atoms with Crippen LogP contribution in [0.25, 0.3) is 0 Å². The maximum absolute atomic E-state index is 12.7. The first kappa shape index (κ1) is 17.2. The van der Waals surface area contributed by atoms with Crippen molar-refractivity contribution in [2.24, 2.45) is 0 Å². The van der Waals surface area contributed by atoms with Crippen LogP contribution in [0.5, 0.6) is 0 Å². The highest BCUT2D eigenvalue weighted by molar-refractivity contribution is 6.89. The van der Waals surface area contributed by atoms with Crippen LogP contribution in [-0.2, 0) is 0 Å². The van der Waals surface area contributed by atoms with E-state index in [1.54, 1.807) is 18.2 Å². The van der Waals surface area contributed by atoms with E-state index in [0.29, 0.717) is 10.6 Å². The monoisotopic (exact) mass is 348 g/mol. The van der Waals surface area contributed by atoms with E-state index < -0.39 is 18.9 Å². The third-order valence-electron chi connectivity index (χ3n) is 3.40. The van der Waals surface area contributed by atoms with Crippen LogP contribution in [0.15, 0.2) is 42.5 Å². The Kier molecular flexibility index (Phi) is 4.87. The summed E-state index contributed by atoms with van der Waals surface area (Å²) in [5.74, 6) is -0.428. The standard InChI is InChI=1S/C16H17ClN2O3Si/c1-23(2,3)14-10-6-7-11(17)15(14)16(20)18-12-8-4-5-9-13(12)19(21)22/h4-10H,1-3H3,(H,18,20). The molecule has 0 fully saturated rings. The van der Waals surface area contributed by atoms with Gasteiger partial charge in [-0.25, -0.2) is 0 Å². The van der Waals surface area contributed by atoms with Crippen molar-refractivity contribution in [1.82, 2.24) is 0 Å². The van der Waals surface area contributed by atoms with Gasteiger partial charge in [0.05, 0.1) is 23.6 Å². The molecule has 1 N–H and O–H groups in total. The van der Waals surface area contributed by atoms with E-state index in [1.807, 2.05) is 12.1 Å². The molecule has 2 rings (SSSR count). The Labute approximate surface area is 140 Å². The summed E-state index contributed by atoms with van der Waals surface area (Å²) in [7, 11) is -1.80. The second-order valence-electron chi connectivity index (χ2n) is 6.14. The molecule has 0 saturated heterocycles. The number of anilines is 1. The molecule has 0 aliphatic heterocycles. The number of nitro benzene ring substituents is 1. The largest absolute Gasteiger partial charge is 0.316 e. The smallest absolute Gasteiger partial charge is 0.292 e. The summed E-state index contributed by atoms with van der Waals surface area (Å²) in [5, 5.41) is 15.0. The Morgan fingerprint density at radius 3 is 2.39 bits per heavy atom. The molecule has 0 aromatic heterocycles. The lowest BCUT2D eigenvalue weighted by molar-refractivity contribution is -0.383. The molecule has 2 aromatic rings. The minimum absolute atomic E-state index is 0.151. The number of nitro groups is 1. The number of hydrogen-bond acceptors (Lipinski definition) is 3. The molecule has 0 heterocycles. The van der Waals surface area contributed by atoms with Gasteiger partial charge in [-0.15, -0.1) is 0 Å². The third kappa shape index (κ3) is 3.78. The van der Waals surface area contributed by atoms with Crippen LogP contribution in [0.2, 0.25) is 24.7 Å². The summed E-state index contributed by atoms with van der Waals surface area (Å²) in [6.07, 6.45) is 0. The molecule has 0 unspecified atom stereocenters. The Hall–Kier alpha value is -2.18. The number of rotatable bonds is 4. The first-order chi connectivity index (χ1) is 10.7. The van der Waals surface area contributed by atoms with Gasteiger partial charge in [-0.2, -0.15) is 0 Å². The first-order valence-electron chi connectivity index (χ1n) is 7.05. The van der Waals surface area contributed by atoms with Crippen molar-refractivity contribution < 1.29 is 9.72 Å². The molecule has 23 heavy (non-hydrogen) atoms. The number of hydrogen-bond donors (Lipinski definition) is 1. The molecule has 0 aliphatic rings. The van der Waals surface area contributed by atoms with Gasteiger partial charge in [-0.3, -0.25) is 14.9 Å². The zero-order chi connectivity index (χ0) is 17.2. The summed E-state index contributed by atoms with van der Waals surface area (Å²) in [4.78, 5) is 23.2. The Balaban J connectivity index is 2.46. The van der Waals surface area contributed by atoms with E-state index in [1.165, 1.54) is 12.1 Å². The van der Waals surface area contributed by atoms with Crippen LogP contribution in [0, 0.1) is 10.1 Å². The molecule has 120 valence electrons. The molecule has 2 aromatic carbocycles. The number of benzene rings is 2. The number of carbonyl (C=O) groups excluding carboxylic acids is 1. The van der Waals surface area contributed by atoms with Crippen molar-refractivity contribution in [2.45, 2.75) is 19.6 Å². The van der Waals surface area contributed by atoms with Crippen LogP contribution in [0.4, 0.5) is 11.4 Å². The van der Waals surface area contributed by atoms with E-state index in [4.69, 9.17) is 11.6 Å². The van der Waals surface area contributed by atoms with Crippen LogP contribution in [-0.4, -0.2) is 18.9 Å². The van der Waals surface area contributed by atoms with Gasteiger partial charge in [0.25, 0.3) is 11.6 Å². The van der Waals surface area contributed by atoms with Gasteiger partial charge in [0, 0.05) is 6.07 Å². The number of nitrogens with one attached hydrogen (secondary N) is 1. The average molecular weight is 349 g/mol. The molecular formula is C16H17ClN2O3Si. The Bertz CT molecular complexity index is 772. The molecule has 5 nitrogen and oxygen atoms in total. The average Bonchev–Trinajstić information content (AvgIpc) is 2.46. The molecule has 7 heteroatoms. The predicted molar refractivity (Wildman–Crippen MR) is 95.5 cm³/mol. The van der Waals surface area contributed by atoms with Gasteiger partial charge >= 0.3 is 0 Å². The lowest BCUT2D eigenvalue weighted by Crippen LogP contribution is -2.42. The lowest BCUT2D eigenvalue weighted by atomic mass is 10.2. The van der Waals surface area contributed by atoms with E-state index >= 15 is 0 Å². The van der Waals surface area contributed by atoms with Crippen LogP contribution < -0.4 is 10.5 Å². The second-order valence-corrected chi connectivity index (χ2v) is 11.6. The second kappa shape index (κ2) is 6.52. The normalized spacial score (nSPS) is 11.1. The van der Waals surface area contributed by atoms with Gasteiger partial charge < -0.3 is 5.32 Å². The minimum atomic E-state index is -1.80. The van der Waals surface area contributed by atoms with Crippen molar-refractivity contribution in [3.8, 4) is 0 Å². The zero-order valence-corrected chi connectivity index (χ0v) is 14.8. The summed E-state index contributed by atoms with van der Waals surface area (Å²) in [6.45, 7) is 6.33. The van der Waals surface area contributed by atoms with E-state index in [0.717, 1.165) is 5.19 Å². The van der Waals surface area contributed by atoms with Gasteiger partial charge in [-0.05, 0) is 17.3 Å². The van der Waals surface area contributed by atoms with Crippen molar-refractivity contribution in [1.29, 1.82) is 0 Å². The van der Waals surface area contributed by atoms with Crippen molar-refractivity contribution in [3.63, 3.8) is 0 Å². The number of amides is 1. The fourth-order valence-corrected chi connectivity index (χ4v) is 4.24. The minimum Gasteiger partial charge on any atom is -0.316 e.